The normalized spacial score (nSPS) is 18.4. The van der Waals surface area contributed by atoms with Crippen molar-refractivity contribution in [1.29, 1.82) is 0 Å². The minimum atomic E-state index is -0.759. The smallest absolute Gasteiger partial charge is 0.408 e. The second kappa shape index (κ2) is 59.1. The summed E-state index contributed by atoms with van der Waals surface area (Å²) in [6.45, 7) is 94.1. The molecule has 10 N–H and O–H groups in total. The largest absolute Gasteiger partial charge is 0.450 e. The molecule has 5 rings (SSSR count). The van der Waals surface area contributed by atoms with Gasteiger partial charge in [0.25, 0.3) is 0 Å². The molecular formula is C115H213FN10O20. The van der Waals surface area contributed by atoms with Crippen LogP contribution in [0, 0.1) is 111 Å². The van der Waals surface area contributed by atoms with E-state index >= 15 is 0 Å². The Kier molecular flexibility index (Phi) is 57.6. The topological polar surface area (TPSA) is 430 Å². The molecule has 31 heteroatoms. The first-order chi connectivity index (χ1) is 65.2. The van der Waals surface area contributed by atoms with Crippen molar-refractivity contribution < 1.29 is 100 Å². The van der Waals surface area contributed by atoms with Gasteiger partial charge in [0, 0.05) is 82.1 Å². The summed E-state index contributed by atoms with van der Waals surface area (Å²) in [5.74, 6) is 3.35. The van der Waals surface area contributed by atoms with E-state index in [1.54, 1.807) is 27.7 Å². The Morgan fingerprint density at radius 1 is 0.349 bits per heavy atom. The van der Waals surface area contributed by atoms with E-state index in [2.05, 4.69) is 62.6 Å². The lowest BCUT2D eigenvalue weighted by Crippen LogP contribution is -2.55. The third-order valence-corrected chi connectivity index (χ3v) is 25.2. The Hall–Kier alpha value is -7.99. The zero-order valence-electron chi connectivity index (χ0n) is 101. The number of ketones is 8. The van der Waals surface area contributed by atoms with Crippen LogP contribution in [0.5, 0.6) is 0 Å². The number of hydrogen-bond acceptors (Lipinski definition) is 20. The van der Waals surface area contributed by atoms with Gasteiger partial charge in [-0.05, 0) is 119 Å². The number of amides is 10. The second-order valence-electron chi connectivity index (χ2n) is 57.0. The molecule has 0 aromatic heterocycles. The Morgan fingerprint density at radius 3 is 0.973 bits per heavy atom. The summed E-state index contributed by atoms with van der Waals surface area (Å²) >= 11 is 0. The third kappa shape index (κ3) is 58.4. The zero-order valence-corrected chi connectivity index (χ0v) is 101. The first-order valence-corrected chi connectivity index (χ1v) is 53.5. The number of urea groups is 2. The predicted molar refractivity (Wildman–Crippen MR) is 584 cm³/mol. The highest BCUT2D eigenvalue weighted by Crippen LogP contribution is 2.50. The highest BCUT2D eigenvalue weighted by Gasteiger charge is 2.48. The zero-order chi connectivity index (χ0) is 116. The number of fused-ring (bicyclic) bond motifs is 2. The summed E-state index contributed by atoms with van der Waals surface area (Å²) in [6.07, 6.45) is 13.2. The number of Topliss-reactive ketones (excluding diaryl/α,β-unsaturated/α-hetero) is 8. The average Bonchev–Trinajstić information content (AvgIpc) is 1.64. The molecule has 1 saturated heterocycles. The molecule has 4 saturated carbocycles. The van der Waals surface area contributed by atoms with E-state index in [0.29, 0.717) is 69.4 Å². The molecule has 4 aliphatic carbocycles. The van der Waals surface area contributed by atoms with Crippen LogP contribution in [0.25, 0.3) is 0 Å². The van der Waals surface area contributed by atoms with Gasteiger partial charge in [0.2, 0.25) is 17.7 Å². The number of alkyl carbamates (subject to hydrolysis) is 3. The molecule has 0 radical (unpaired) electrons. The number of rotatable bonds is 27. The monoisotopic (exact) mass is 2070 g/mol. The first kappa shape index (κ1) is 142. The first-order valence-electron chi connectivity index (χ1n) is 53.5. The van der Waals surface area contributed by atoms with Crippen LogP contribution < -0.4 is 53.2 Å². The van der Waals surface area contributed by atoms with Gasteiger partial charge in [-0.2, -0.15) is 0 Å². The molecule has 10 amide bonds. The van der Waals surface area contributed by atoms with Crippen molar-refractivity contribution in [3.05, 3.63) is 0 Å². The van der Waals surface area contributed by atoms with E-state index in [9.17, 15) is 81.1 Å². The molecule has 11 unspecified atom stereocenters. The van der Waals surface area contributed by atoms with Crippen LogP contribution in [0.3, 0.4) is 0 Å². The van der Waals surface area contributed by atoms with Gasteiger partial charge in [-0.1, -0.05) is 351 Å². The molecule has 1 heterocycles. The van der Waals surface area contributed by atoms with Crippen LogP contribution >= 0.6 is 0 Å². The van der Waals surface area contributed by atoms with Gasteiger partial charge in [-0.25, -0.2) is 28.4 Å². The van der Waals surface area contributed by atoms with E-state index in [-0.39, 0.29) is 128 Å². The summed E-state index contributed by atoms with van der Waals surface area (Å²) in [5, 5.41) is 27.7. The summed E-state index contributed by atoms with van der Waals surface area (Å²) in [6, 6.07) is -3.61. The SMILES string of the molecule is CC(=O)NC(C(=O)C(C)(C)C)C(C)(C)C.CC(C)(C)C(=O)C(NC(=O)CC1CC2CCC1C2)C(C)(C)C.CC(C)(C)C(=O)C(NC(=O)CC1CCCCC1)C(C)(C)C.CC(C)(C)C(=O)C(NC(=O)NC1CC1)C(C)(C)C.CC(C)(C)C(=O)C(NC(=O)OC1CCOC1)C(C)(C)C.CC(C)(C)C(=O)C(NC(=O)OCCF)C(C)(C)C.CC(C)CNC(=O)NC(C(=O)C(C)(C)C)C(C)(C)C.CCOC(=O)NCC(=O)C(C)(C)C. The van der Waals surface area contributed by atoms with E-state index in [1.807, 2.05) is 305 Å². The van der Waals surface area contributed by atoms with Crippen LogP contribution in [-0.4, -0.2) is 195 Å². The predicted octanol–water partition coefficient (Wildman–Crippen LogP) is 22.3. The molecule has 5 aliphatic rings. The van der Waals surface area contributed by atoms with Gasteiger partial charge in [-0.15, -0.1) is 0 Å². The lowest BCUT2D eigenvalue weighted by atomic mass is 9.75. The minimum absolute atomic E-state index is 0.00428. The Balaban J connectivity index is -0.00000161. The summed E-state index contributed by atoms with van der Waals surface area (Å²) in [5.41, 5.74) is -5.87. The van der Waals surface area contributed by atoms with E-state index in [0.717, 1.165) is 37.5 Å². The Labute approximate surface area is 883 Å². The molecule has 0 aromatic rings. The van der Waals surface area contributed by atoms with Crippen LogP contribution in [0.4, 0.5) is 28.4 Å². The van der Waals surface area contributed by atoms with Crippen molar-refractivity contribution in [2.24, 2.45) is 111 Å². The number of nitrogens with one attached hydrogen (secondary N) is 10. The number of halogens is 1. The Bertz CT molecular complexity index is 4150. The van der Waals surface area contributed by atoms with Gasteiger partial charge in [0.1, 0.15) is 19.4 Å². The van der Waals surface area contributed by atoms with E-state index in [1.165, 1.54) is 51.9 Å². The molecule has 2 bridgehead atoms. The summed E-state index contributed by atoms with van der Waals surface area (Å²) in [7, 11) is 0. The van der Waals surface area contributed by atoms with Gasteiger partial charge in [0.15, 0.2) is 46.3 Å². The molecule has 0 spiro atoms. The van der Waals surface area contributed by atoms with Crippen molar-refractivity contribution in [1.82, 2.24) is 53.2 Å². The van der Waals surface area contributed by atoms with E-state index < -0.39 is 116 Å². The molecule has 146 heavy (non-hydrogen) atoms. The average molecular weight is 2080 g/mol. The highest BCUT2D eigenvalue weighted by molar-refractivity contribution is 5.97. The van der Waals surface area contributed by atoms with Crippen LogP contribution in [0.1, 0.15) is 429 Å². The second-order valence-corrected chi connectivity index (χ2v) is 57.0. The maximum atomic E-state index is 12.7. The lowest BCUT2D eigenvalue weighted by molar-refractivity contribution is -0.135. The number of alkyl halides is 1. The van der Waals surface area contributed by atoms with Crippen molar-refractivity contribution in [3.8, 4) is 0 Å². The molecule has 5 fully saturated rings. The molecular weight excluding hydrogens is 1860 g/mol. The van der Waals surface area contributed by atoms with Crippen molar-refractivity contribution in [2.45, 2.75) is 484 Å². The highest BCUT2D eigenvalue weighted by atomic mass is 19.1. The third-order valence-electron chi connectivity index (χ3n) is 25.2. The maximum absolute atomic E-state index is 12.7. The van der Waals surface area contributed by atoms with Crippen LogP contribution in [-0.2, 0) is 71.7 Å². The van der Waals surface area contributed by atoms with Crippen molar-refractivity contribution >= 4 is 94.3 Å². The van der Waals surface area contributed by atoms with Gasteiger partial charge < -0.3 is 72.1 Å². The van der Waals surface area contributed by atoms with Crippen LogP contribution in [0.2, 0.25) is 0 Å². The summed E-state index contributed by atoms with van der Waals surface area (Å²) in [4.78, 5) is 192. The maximum Gasteiger partial charge on any atom is 0.408 e. The van der Waals surface area contributed by atoms with Crippen molar-refractivity contribution in [3.63, 3.8) is 0 Å². The lowest BCUT2D eigenvalue weighted by Gasteiger charge is -2.35. The number of carbonyl (C=O) groups is 16. The fourth-order valence-corrected chi connectivity index (χ4v) is 15.8. The number of ether oxygens (including phenoxy) is 4. The van der Waals surface area contributed by atoms with Gasteiger partial charge in [0.05, 0.1) is 68.7 Å². The number of hydrogen-bond donors (Lipinski definition) is 10. The molecule has 0 aromatic carbocycles. The standard InChI is InChI=1S/C19H33NO2.C18H33NO2.C15H30N2O2.C15H27NO4.C14H26N2O2.C13H24FNO3.C12H23NO2.C9H17NO3/c1-18(2,3)16(17(22)19(4,5)6)20-15(21)11-14-10-12-7-8-13(14)9-12;1-17(2,3)15(16(21)18(4,5)6)19-14(20)12-13-10-8-7-9-11-13;1-10(2)9-16-13(19)17-11(14(3,4)5)12(18)15(6,7)8;1-14(2,3)11(12(17)15(4,5)6)16-13(18)20-10-7-8-19-9-10;1-13(2,3)10(11(17)14(4,5)6)16-12(18)15-9-7-8-9;1-12(2,3)9(10(16)13(4,5)6)15-11(17)18-8-7-14;1-8(14)13-9(11(2,3)4)10(15)12(5,6)7;1-5-13-8(12)10-6-7(11)9(2,3)4/h12-14,16H,7-11H2,1-6H3,(H,20,21);13,15H,7-12H2,1-6H3,(H,19,20);10-11H,9H2,1-8H3,(H2,16,17,19);10-11H,7-9H2,1-6H3,(H,16,18);9-10H,7-8H2,1-6H3,(H2,15,16,18);9H,7-8H2,1-6H3,(H,15,17);9H,1-7H3,(H,13,14);5-6H2,1-4H3,(H,10,12). The van der Waals surface area contributed by atoms with Crippen LogP contribution in [0.15, 0.2) is 0 Å². The summed E-state index contributed by atoms with van der Waals surface area (Å²) < 4.78 is 31.5. The molecule has 850 valence electrons. The van der Waals surface area contributed by atoms with Gasteiger partial charge >= 0.3 is 30.3 Å². The fourth-order valence-electron chi connectivity index (χ4n) is 15.8. The minimum Gasteiger partial charge on any atom is -0.450 e. The molecule has 11 atom stereocenters. The molecule has 1 aliphatic heterocycles. The van der Waals surface area contributed by atoms with Crippen molar-refractivity contribution in [2.75, 3.05) is 46.2 Å². The molecule has 30 nitrogen and oxygen atoms in total. The quantitative estimate of drug-likeness (QED) is 0.0341. The fraction of sp³-hybridized carbons (Fsp3) is 0.861. The van der Waals surface area contributed by atoms with E-state index in [4.69, 9.17) is 9.47 Å². The number of carbonyl (C=O) groups excluding carboxylic acids is 16. The Morgan fingerprint density at radius 2 is 0.685 bits per heavy atom. The van der Waals surface area contributed by atoms with Gasteiger partial charge in [-0.3, -0.25) is 52.7 Å².